The molecule has 1 aromatic heterocycles. The molecule has 0 aliphatic heterocycles. The molecule has 0 aliphatic carbocycles. The van der Waals surface area contributed by atoms with Crippen LogP contribution in [0.15, 0.2) is 99.7 Å². The molecule has 42 heavy (non-hydrogen) atoms. The van der Waals surface area contributed by atoms with Gasteiger partial charge in [0, 0.05) is 22.5 Å². The van der Waals surface area contributed by atoms with Crippen molar-refractivity contribution < 1.29 is 26.4 Å². The summed E-state index contributed by atoms with van der Waals surface area (Å²) in [4.78, 5) is 21.9. The van der Waals surface area contributed by atoms with Gasteiger partial charge in [-0.2, -0.15) is 0 Å². The van der Waals surface area contributed by atoms with Crippen molar-refractivity contribution >= 4 is 55.0 Å². The van der Waals surface area contributed by atoms with Gasteiger partial charge in [-0.25, -0.2) is 31.5 Å². The second kappa shape index (κ2) is 13.2. The van der Waals surface area contributed by atoms with Gasteiger partial charge in [-0.15, -0.1) is 11.8 Å². The molecule has 0 fully saturated rings. The van der Waals surface area contributed by atoms with Crippen molar-refractivity contribution in [2.45, 2.75) is 28.5 Å². The van der Waals surface area contributed by atoms with E-state index in [0.29, 0.717) is 18.1 Å². The van der Waals surface area contributed by atoms with Crippen LogP contribution in [-0.4, -0.2) is 52.1 Å². The summed E-state index contributed by atoms with van der Waals surface area (Å²) in [6, 6.07) is 19.8. The normalized spacial score (nSPS) is 11.5. The van der Waals surface area contributed by atoms with E-state index in [1.54, 1.807) is 49.4 Å². The monoisotopic (exact) mass is 627 g/mol. The number of rotatable bonds is 12. The summed E-state index contributed by atoms with van der Waals surface area (Å²) in [7, 11) is -8.11. The summed E-state index contributed by atoms with van der Waals surface area (Å²) >= 11 is 1.48. The molecule has 11 nitrogen and oxygen atoms in total. The molecule has 4 aromatic rings. The van der Waals surface area contributed by atoms with E-state index in [2.05, 4.69) is 20.0 Å². The van der Waals surface area contributed by atoms with Crippen LogP contribution >= 0.6 is 11.8 Å². The fourth-order valence-electron chi connectivity index (χ4n) is 3.79. The third kappa shape index (κ3) is 7.57. The molecule has 0 saturated heterocycles. The van der Waals surface area contributed by atoms with Gasteiger partial charge in [0.1, 0.15) is 12.3 Å². The SMILES string of the molecule is CCOc1ccc(N(CC(=O)Nc2ccc(S(=O)(=O)Nc3nccc(C)n3)cc2)S(=O)(=O)c2ccc(SC)cc2)cc1. The number of ether oxygens (including phenoxy) is 1. The van der Waals surface area contributed by atoms with E-state index in [1.165, 1.54) is 54.4 Å². The van der Waals surface area contributed by atoms with Gasteiger partial charge < -0.3 is 10.1 Å². The van der Waals surface area contributed by atoms with E-state index in [-0.39, 0.29) is 27.1 Å². The largest absolute Gasteiger partial charge is 0.494 e. The molecule has 0 aliphatic rings. The Morgan fingerprint density at radius 3 is 2.14 bits per heavy atom. The zero-order valence-electron chi connectivity index (χ0n) is 23.0. The van der Waals surface area contributed by atoms with E-state index in [0.717, 1.165) is 9.20 Å². The third-order valence-electron chi connectivity index (χ3n) is 5.84. The molecule has 2 N–H and O–H groups in total. The van der Waals surface area contributed by atoms with E-state index >= 15 is 0 Å². The first-order valence-corrected chi connectivity index (χ1v) is 16.8. The van der Waals surface area contributed by atoms with Gasteiger partial charge in [0.15, 0.2) is 0 Å². The Morgan fingerprint density at radius 2 is 1.55 bits per heavy atom. The van der Waals surface area contributed by atoms with Crippen molar-refractivity contribution in [3.8, 4) is 5.75 Å². The highest BCUT2D eigenvalue weighted by molar-refractivity contribution is 7.98. The molecule has 14 heteroatoms. The topological polar surface area (TPSA) is 148 Å². The number of nitrogens with one attached hydrogen (secondary N) is 2. The van der Waals surface area contributed by atoms with Crippen molar-refractivity contribution in [1.29, 1.82) is 0 Å². The fraction of sp³-hybridized carbons (Fsp3) is 0.179. The van der Waals surface area contributed by atoms with Gasteiger partial charge in [-0.3, -0.25) is 9.10 Å². The number of anilines is 3. The quantitative estimate of drug-likeness (QED) is 0.216. The molecule has 0 radical (unpaired) electrons. The van der Waals surface area contributed by atoms with E-state index in [4.69, 9.17) is 4.74 Å². The number of benzene rings is 3. The van der Waals surface area contributed by atoms with Gasteiger partial charge >= 0.3 is 0 Å². The van der Waals surface area contributed by atoms with Gasteiger partial charge in [0.05, 0.1) is 22.1 Å². The zero-order valence-corrected chi connectivity index (χ0v) is 25.5. The Balaban J connectivity index is 1.54. The fourth-order valence-corrected chi connectivity index (χ4v) is 6.57. The number of nitrogens with zero attached hydrogens (tertiary/aromatic N) is 3. The smallest absolute Gasteiger partial charge is 0.264 e. The minimum atomic E-state index is -4.13. The predicted molar refractivity (Wildman–Crippen MR) is 163 cm³/mol. The van der Waals surface area contributed by atoms with Gasteiger partial charge in [-0.1, -0.05) is 0 Å². The second-order valence-electron chi connectivity index (χ2n) is 8.81. The maximum atomic E-state index is 13.7. The summed E-state index contributed by atoms with van der Waals surface area (Å²) in [5.74, 6) is -0.132. The lowest BCUT2D eigenvalue weighted by molar-refractivity contribution is -0.114. The maximum absolute atomic E-state index is 13.7. The first-order chi connectivity index (χ1) is 20.0. The zero-order chi connectivity index (χ0) is 30.3. The van der Waals surface area contributed by atoms with Crippen LogP contribution in [0.3, 0.4) is 0 Å². The molecule has 0 saturated carbocycles. The number of carbonyl (C=O) groups is 1. The van der Waals surface area contributed by atoms with Crippen LogP contribution in [0.5, 0.6) is 5.75 Å². The Labute approximate surface area is 249 Å². The summed E-state index contributed by atoms with van der Waals surface area (Å²) in [6.07, 6.45) is 3.33. The molecule has 220 valence electrons. The average Bonchev–Trinajstić information content (AvgIpc) is 2.96. The van der Waals surface area contributed by atoms with Crippen molar-refractivity contribution in [2.75, 3.05) is 33.8 Å². The lowest BCUT2D eigenvalue weighted by Crippen LogP contribution is -2.38. The lowest BCUT2D eigenvalue weighted by Gasteiger charge is -2.24. The molecule has 3 aromatic carbocycles. The van der Waals surface area contributed by atoms with Crippen molar-refractivity contribution in [2.24, 2.45) is 0 Å². The van der Waals surface area contributed by atoms with E-state index in [1.807, 2.05) is 13.2 Å². The molecule has 0 unspecified atom stereocenters. The number of thioether (sulfide) groups is 1. The highest BCUT2D eigenvalue weighted by Gasteiger charge is 2.27. The van der Waals surface area contributed by atoms with Crippen LogP contribution in [0, 0.1) is 6.92 Å². The van der Waals surface area contributed by atoms with Crippen LogP contribution in [0.25, 0.3) is 0 Å². The third-order valence-corrected chi connectivity index (χ3v) is 9.71. The Hall–Kier alpha value is -4.14. The van der Waals surface area contributed by atoms with Crippen LogP contribution in [0.4, 0.5) is 17.3 Å². The number of aromatic nitrogens is 2. The van der Waals surface area contributed by atoms with Crippen molar-refractivity contribution in [3.05, 3.63) is 90.8 Å². The number of sulfonamides is 2. The van der Waals surface area contributed by atoms with Crippen LogP contribution in [0.1, 0.15) is 12.6 Å². The standard InChI is InChI=1S/C28H29N5O6S3/c1-4-39-23-9-7-22(8-10-23)33(42(37,38)26-15-11-24(40-3)12-16-26)19-27(34)31-21-5-13-25(14-6-21)41(35,36)32-28-29-18-17-20(2)30-28/h5-18H,4,19H2,1-3H3,(H,31,34)(H,29,30,32). The predicted octanol–water partition coefficient (Wildman–Crippen LogP) is 4.54. The van der Waals surface area contributed by atoms with Gasteiger partial charge in [0.25, 0.3) is 20.0 Å². The summed E-state index contributed by atoms with van der Waals surface area (Å²) in [5.41, 5.74) is 1.14. The highest BCUT2D eigenvalue weighted by atomic mass is 32.2. The number of aryl methyl sites for hydroxylation is 1. The first-order valence-electron chi connectivity index (χ1n) is 12.6. The minimum Gasteiger partial charge on any atom is -0.494 e. The lowest BCUT2D eigenvalue weighted by atomic mass is 10.3. The van der Waals surface area contributed by atoms with E-state index < -0.39 is 32.5 Å². The van der Waals surface area contributed by atoms with Crippen LogP contribution < -0.4 is 19.1 Å². The Morgan fingerprint density at radius 1 is 0.905 bits per heavy atom. The molecule has 4 rings (SSSR count). The van der Waals surface area contributed by atoms with Crippen molar-refractivity contribution in [1.82, 2.24) is 9.97 Å². The van der Waals surface area contributed by atoms with Crippen LogP contribution in [0.2, 0.25) is 0 Å². The molecule has 1 heterocycles. The molecule has 0 atom stereocenters. The van der Waals surface area contributed by atoms with Crippen LogP contribution in [-0.2, 0) is 24.8 Å². The minimum absolute atomic E-state index is 0.0293. The molecular weight excluding hydrogens is 599 g/mol. The van der Waals surface area contributed by atoms with E-state index in [9.17, 15) is 21.6 Å². The Bertz CT molecular complexity index is 1750. The second-order valence-corrected chi connectivity index (χ2v) is 13.2. The van der Waals surface area contributed by atoms with Gasteiger partial charge in [0.2, 0.25) is 11.9 Å². The molecule has 1 amide bonds. The number of hydrogen-bond acceptors (Lipinski definition) is 9. The maximum Gasteiger partial charge on any atom is 0.264 e. The van der Waals surface area contributed by atoms with Crippen molar-refractivity contribution in [3.63, 3.8) is 0 Å². The molecule has 0 bridgehead atoms. The Kier molecular flexibility index (Phi) is 9.70. The first kappa shape index (κ1) is 30.8. The summed E-state index contributed by atoms with van der Waals surface area (Å²) in [5, 5.41) is 2.64. The number of hydrogen-bond donors (Lipinski definition) is 2. The average molecular weight is 628 g/mol. The highest BCUT2D eigenvalue weighted by Crippen LogP contribution is 2.27. The summed E-state index contributed by atoms with van der Waals surface area (Å²) in [6.45, 7) is 3.46. The number of carbonyl (C=O) groups excluding carboxylic acids is 1. The summed E-state index contributed by atoms with van der Waals surface area (Å²) < 4.78 is 61.6. The van der Waals surface area contributed by atoms with Gasteiger partial charge in [-0.05, 0) is 99.0 Å². The molecular formula is C28H29N5O6S3. The molecule has 0 spiro atoms. The number of amides is 1.